The van der Waals surface area contributed by atoms with Crippen molar-refractivity contribution in [2.24, 2.45) is 17.8 Å². The van der Waals surface area contributed by atoms with Gasteiger partial charge in [0.25, 0.3) is 22.2 Å². The number of aromatic nitrogens is 23. The van der Waals surface area contributed by atoms with Gasteiger partial charge in [0.15, 0.2) is 67.9 Å². The van der Waals surface area contributed by atoms with Crippen LogP contribution in [0, 0.1) is 24.7 Å². The van der Waals surface area contributed by atoms with Gasteiger partial charge in [-0.2, -0.15) is 35.0 Å². The second-order valence-electron chi connectivity index (χ2n) is 31.7. The zero-order valence-electron chi connectivity index (χ0n) is 72.1. The minimum Gasteiger partial charge on any atom is -0.396 e. The topological polar surface area (TPSA) is 635 Å². The number of nitrogen functional groups attached to an aromatic ring is 5. The average Bonchev–Trinajstić information content (AvgIpc) is 1.62. The fourth-order valence-corrected chi connectivity index (χ4v) is 12.8. The maximum atomic E-state index is 11.8. The molecule has 0 aromatic carbocycles. The Morgan fingerprint density at radius 2 is 0.935 bits per heavy atom. The number of nitrogens with zero attached hydrogens (tertiary/aromatic N) is 19. The van der Waals surface area contributed by atoms with Gasteiger partial charge in [-0.25, -0.2) is 34.6 Å². The van der Waals surface area contributed by atoms with Gasteiger partial charge in [0, 0.05) is 36.9 Å². The van der Waals surface area contributed by atoms with E-state index in [0.29, 0.717) is 91.2 Å². The second-order valence-corrected chi connectivity index (χ2v) is 31.7. The van der Waals surface area contributed by atoms with E-state index in [0.717, 1.165) is 36.4 Å². The number of hydrogen-bond acceptors (Lipinski definition) is 36. The number of imidazole rings is 5. The number of aromatic amines is 4. The van der Waals surface area contributed by atoms with Crippen LogP contribution in [0.2, 0.25) is 0 Å². The summed E-state index contributed by atoms with van der Waals surface area (Å²) in [7, 11) is 0. The lowest BCUT2D eigenvalue weighted by Gasteiger charge is -2.17. The molecule has 46 heteroatoms. The Morgan fingerprint density at radius 3 is 1.42 bits per heavy atom. The van der Waals surface area contributed by atoms with E-state index in [2.05, 4.69) is 133 Å². The van der Waals surface area contributed by atoms with E-state index in [1.54, 1.807) is 33.3 Å². The molecule has 678 valence electrons. The molecule has 4 aliphatic rings. The average molecular weight is 1730 g/mol. The number of H-pyrrole nitrogens is 4. The number of fused-ring (bicyclic) bond motifs is 5. The predicted molar refractivity (Wildman–Crippen MR) is 460 cm³/mol. The van der Waals surface area contributed by atoms with Crippen LogP contribution >= 0.6 is 0 Å². The number of nitrogens with one attached hydrogen (secondary N) is 5. The minimum atomic E-state index is -1.04. The Kier molecular flexibility index (Phi) is 34.5. The fourth-order valence-electron chi connectivity index (χ4n) is 12.8. The molecule has 12 heterocycles. The lowest BCUT2D eigenvalue weighted by Crippen LogP contribution is -2.34. The van der Waals surface area contributed by atoms with Crippen molar-refractivity contribution in [3.8, 4) is 0 Å². The summed E-state index contributed by atoms with van der Waals surface area (Å²) < 4.78 is 59.9. The van der Waals surface area contributed by atoms with Gasteiger partial charge in [0.05, 0.1) is 133 Å². The molecule has 1 saturated carbocycles. The van der Waals surface area contributed by atoms with E-state index in [1.807, 2.05) is 80.1 Å². The zero-order valence-corrected chi connectivity index (χ0v) is 72.1. The van der Waals surface area contributed by atoms with Crippen LogP contribution in [0.4, 0.5) is 35.6 Å². The van der Waals surface area contributed by atoms with Crippen LogP contribution in [-0.2, 0) is 62.6 Å². The maximum Gasteiger partial charge on any atom is 0.280 e. The minimum absolute atomic E-state index is 0.0103. The molecule has 0 spiro atoms. The van der Waals surface area contributed by atoms with Crippen LogP contribution < -0.4 is 56.2 Å². The number of hydrogen-bond donors (Lipinski definition) is 14. The van der Waals surface area contributed by atoms with Crippen molar-refractivity contribution in [2.75, 3.05) is 93.4 Å². The van der Waals surface area contributed by atoms with Crippen molar-refractivity contribution in [1.29, 1.82) is 0 Å². The van der Waals surface area contributed by atoms with Gasteiger partial charge in [-0.1, -0.05) is 24.3 Å². The molecule has 10 atom stereocenters. The zero-order chi connectivity index (χ0) is 89.6. The summed E-state index contributed by atoms with van der Waals surface area (Å²) in [5, 5.41) is 45.9. The highest BCUT2D eigenvalue weighted by atomic mass is 16.6. The normalized spacial score (nSPS) is 19.1. The third-order valence-corrected chi connectivity index (χ3v) is 19.3. The fraction of sp³-hybridized carbons (Fsp3) is 0.603. The highest BCUT2D eigenvalue weighted by molar-refractivity contribution is 5.84. The number of aryl methyl sites for hydroxylation is 2. The molecule has 15 rings (SSSR count). The largest absolute Gasteiger partial charge is 0.396 e. The Morgan fingerprint density at radius 1 is 0.484 bits per heavy atom. The molecule has 0 radical (unpaired) electrons. The first kappa shape index (κ1) is 95.1. The lowest BCUT2D eigenvalue weighted by molar-refractivity contribution is -0.0803. The Balaban J connectivity index is 0.000000156. The van der Waals surface area contributed by atoms with Crippen molar-refractivity contribution in [1.82, 2.24) is 112 Å². The van der Waals surface area contributed by atoms with Gasteiger partial charge in [0.1, 0.15) is 50.0 Å². The number of aliphatic hydroxyl groups is 4. The summed E-state index contributed by atoms with van der Waals surface area (Å²) >= 11 is 0. The Labute approximate surface area is 712 Å². The van der Waals surface area contributed by atoms with Crippen LogP contribution in [0.5, 0.6) is 0 Å². The summed E-state index contributed by atoms with van der Waals surface area (Å²) in [6, 6.07) is 0.861. The summed E-state index contributed by atoms with van der Waals surface area (Å²) in [4.78, 5) is 106. The molecule has 46 nitrogen and oxygen atoms in total. The first-order valence-electron chi connectivity index (χ1n) is 41.2. The molecule has 11 aromatic heterocycles. The van der Waals surface area contributed by atoms with Gasteiger partial charge in [0.2, 0.25) is 29.7 Å². The molecule has 1 saturated heterocycles. The summed E-state index contributed by atoms with van der Waals surface area (Å²) in [6.45, 7) is 29.6. The van der Waals surface area contributed by atoms with Crippen LogP contribution in [0.15, 0.2) is 81.4 Å². The molecule has 2 fully saturated rings. The van der Waals surface area contributed by atoms with Gasteiger partial charge in [-0.05, 0) is 122 Å². The van der Waals surface area contributed by atoms with Crippen LogP contribution in [0.1, 0.15) is 139 Å². The van der Waals surface area contributed by atoms with E-state index < -0.39 is 36.2 Å². The van der Waals surface area contributed by atoms with Gasteiger partial charge < -0.3 is 111 Å². The van der Waals surface area contributed by atoms with E-state index in [4.69, 9.17) is 71.3 Å². The van der Waals surface area contributed by atoms with E-state index in [1.165, 1.54) is 36.5 Å². The lowest BCUT2D eigenvalue weighted by atomic mass is 10.1. The van der Waals surface area contributed by atoms with Crippen molar-refractivity contribution in [3.63, 3.8) is 0 Å². The summed E-state index contributed by atoms with van der Waals surface area (Å²) in [5.74, 6) is 2.69. The van der Waals surface area contributed by atoms with Crippen LogP contribution in [-0.4, -0.2) is 259 Å². The maximum absolute atomic E-state index is 11.8. The number of rotatable bonds is 34. The van der Waals surface area contributed by atoms with E-state index in [9.17, 15) is 39.6 Å². The summed E-state index contributed by atoms with van der Waals surface area (Å²) in [5.41, 5.74) is 31.0. The Hall–Kier alpha value is -11.1. The molecule has 11 aromatic rings. The van der Waals surface area contributed by atoms with Crippen molar-refractivity contribution >= 4 is 91.4 Å². The monoisotopic (exact) mass is 1730 g/mol. The molecule has 4 unspecified atom stereocenters. The highest BCUT2D eigenvalue weighted by Gasteiger charge is 2.44. The van der Waals surface area contributed by atoms with E-state index in [-0.39, 0.29) is 157 Å². The molecule has 0 amide bonds. The van der Waals surface area contributed by atoms with Crippen LogP contribution in [0.25, 0.3) is 55.8 Å². The number of anilines is 6. The Bertz CT molecular complexity index is 5390. The number of nitrogens with two attached hydrogens (primary N) is 5. The van der Waals surface area contributed by atoms with Gasteiger partial charge >= 0.3 is 0 Å². The molecular weight excluding hydrogens is 1620 g/mol. The number of ether oxygens (including phenoxy) is 9. The summed E-state index contributed by atoms with van der Waals surface area (Å²) in [6.07, 6.45) is 20.2. The van der Waals surface area contributed by atoms with Crippen molar-refractivity contribution in [3.05, 3.63) is 110 Å². The number of allylic oxidation sites excluding steroid dienone is 2. The first-order chi connectivity index (χ1) is 59.2. The standard InChI is InChI=1S/C17H24N6O.C14H19N5O2.C13H21N5O3.C12H19N5O4.C11H17N5O3.C11H19N3O4/c1-10(2)24-8-11-3-6-13(7-11)23-9-19-14-15(20-12-4-5-12)21-17(18)22-16(14)23;1-8(2)21-6-9-3-4-10(5-9)19-7-16-11-12(19)17-14(15)18-13(11)20;1-8(2)21-6-9(5-19)3-4-18-7-15-10-11(18)16-13(14)17-12(10)20;1-7(2)20-4-8(3-18)21-6-17-5-14-9-10(17)15-12(13)16-11(9)19;1-7(2)19-4-3-18-6-16-5-13-8-9(16)14-11(12)15-10(8)17;1-6(2)17-4-8-9(15)10(16)11(18-8)14-5-12-7(3)13-14/h3,6,9-13H,4-5,7-8H2,1-2H3,(H3,18,20,21,22);3-4,7-10H,5-6H2,1-2H3,(H3,15,17,18,20);7-9,19H,3-6H2,1-2H3,(H3,14,16,17,20);5,7-8,18H,3-4,6H2,1-2H3,(H3,13,15,16,19);5,7H,3-4,6H2,1-2H3,(H3,12,14,15,17);5-6,8-11,15-16H,4H2,1-3H3/t11-,13?;9-,10?;;;;8-,9-,10-,11-/m11...1/s1. The molecule has 19 N–H and O–H groups in total. The van der Waals surface area contributed by atoms with E-state index >= 15 is 0 Å². The smallest absolute Gasteiger partial charge is 0.280 e. The molecular formula is C78H119N29O17. The molecule has 0 bridgehead atoms. The SMILES string of the molecule is CC(C)OCC(CO)CCn1cnc2c(=O)[nH]c(N)nc21.CC(C)OCC(CO)OCn1cnc2c(=O)[nH]c(N)nc21.CC(C)OCCOCn1cnc2c(=O)[nH]c(N)nc21.CC(C)OC[C@@H]1C=CC(n2cnc3c(=O)[nH]c(N)nc32)C1.CC(C)OC[C@@H]1C=CC(n2cnc3c(NC4CC4)nc(N)nc32)C1.Cc1ncn([C@@H]2O[C@H](COC(C)C)[C@@H](O)[C@H]2O)n1. The third-order valence-electron chi connectivity index (χ3n) is 19.3. The molecule has 3 aliphatic carbocycles. The molecule has 124 heavy (non-hydrogen) atoms. The van der Waals surface area contributed by atoms with Gasteiger partial charge in [-0.3, -0.25) is 48.2 Å². The predicted octanol–water partition coefficient (Wildman–Crippen LogP) is 3.09. The third kappa shape index (κ3) is 26.9. The quantitative estimate of drug-likeness (QED) is 0.0203. The van der Waals surface area contributed by atoms with Crippen molar-refractivity contribution < 1.29 is 63.1 Å². The number of aliphatic hydroxyl groups excluding tert-OH is 4. The highest BCUT2D eigenvalue weighted by Crippen LogP contribution is 2.35. The first-order valence-corrected chi connectivity index (χ1v) is 41.2. The van der Waals surface area contributed by atoms with Crippen molar-refractivity contribution in [2.45, 2.75) is 228 Å². The second kappa shape index (κ2) is 45.0. The van der Waals surface area contributed by atoms with Crippen LogP contribution in [0.3, 0.4) is 0 Å². The van der Waals surface area contributed by atoms with Gasteiger partial charge in [-0.15, -0.1) is 0 Å². The molecule has 1 aliphatic heterocycles.